The van der Waals surface area contributed by atoms with Crippen molar-refractivity contribution in [2.45, 2.75) is 57.1 Å². The number of hydrogen-bond donors (Lipinski definition) is 0. The number of hydrogen-bond acceptors (Lipinski definition) is 2. The van der Waals surface area contributed by atoms with Crippen molar-refractivity contribution in [2.24, 2.45) is 5.41 Å². The average Bonchev–Trinajstić information content (AvgIpc) is 2.84. The maximum absolute atomic E-state index is 13.4. The molecule has 1 saturated heterocycles. The molecule has 1 heterocycles. The Balaban J connectivity index is 1.92. The van der Waals surface area contributed by atoms with Crippen LogP contribution in [0.25, 0.3) is 6.08 Å². The zero-order valence-corrected chi connectivity index (χ0v) is 18.8. The Bertz CT molecular complexity index is 1020. The molecular weight excluding hydrogens is 423 g/mol. The van der Waals surface area contributed by atoms with Gasteiger partial charge in [0.05, 0.1) is 10.5 Å². The van der Waals surface area contributed by atoms with E-state index in [0.717, 1.165) is 30.5 Å². The summed E-state index contributed by atoms with van der Waals surface area (Å²) in [5.41, 5.74) is 0.827. The molecule has 0 bridgehead atoms. The highest BCUT2D eigenvalue weighted by Crippen LogP contribution is 2.36. The number of alkyl halides is 3. The van der Waals surface area contributed by atoms with Gasteiger partial charge in [0.2, 0.25) is 10.0 Å². The Kier molecular flexibility index (Phi) is 6.67. The number of rotatable bonds is 4. The molecule has 1 aliphatic rings. The van der Waals surface area contributed by atoms with Gasteiger partial charge in [-0.2, -0.15) is 17.5 Å². The Hall–Kier alpha value is -2.12. The summed E-state index contributed by atoms with van der Waals surface area (Å²) >= 11 is 0. The van der Waals surface area contributed by atoms with Gasteiger partial charge in [-0.15, -0.1) is 0 Å². The lowest BCUT2D eigenvalue weighted by Gasteiger charge is -2.30. The van der Waals surface area contributed by atoms with Gasteiger partial charge in [0, 0.05) is 12.6 Å². The van der Waals surface area contributed by atoms with Gasteiger partial charge in [-0.3, -0.25) is 0 Å². The molecule has 0 saturated carbocycles. The highest BCUT2D eigenvalue weighted by atomic mass is 32.2. The first-order valence-electron chi connectivity index (χ1n) is 10.3. The zero-order chi connectivity index (χ0) is 22.9. The zero-order valence-electron chi connectivity index (χ0n) is 18.0. The van der Waals surface area contributed by atoms with Gasteiger partial charge < -0.3 is 0 Å². The molecule has 3 rings (SSSR count). The Morgan fingerprint density at radius 1 is 1.03 bits per heavy atom. The van der Waals surface area contributed by atoms with Crippen LogP contribution in [0.1, 0.15) is 49.8 Å². The Morgan fingerprint density at radius 2 is 1.65 bits per heavy atom. The second-order valence-electron chi connectivity index (χ2n) is 8.95. The summed E-state index contributed by atoms with van der Waals surface area (Å²) in [6.45, 7) is 6.55. The summed E-state index contributed by atoms with van der Waals surface area (Å²) < 4.78 is 66.8. The molecule has 1 unspecified atom stereocenters. The van der Waals surface area contributed by atoms with Gasteiger partial charge in [-0.25, -0.2) is 8.42 Å². The second kappa shape index (κ2) is 8.79. The van der Waals surface area contributed by atoms with Crippen LogP contribution in [0, 0.1) is 12.3 Å². The van der Waals surface area contributed by atoms with E-state index < -0.39 is 21.8 Å². The summed E-state index contributed by atoms with van der Waals surface area (Å²) in [6.07, 6.45) is 1.42. The van der Waals surface area contributed by atoms with E-state index in [1.807, 2.05) is 6.92 Å². The normalized spacial score (nSPS) is 20.6. The molecule has 1 aliphatic heterocycles. The molecule has 168 valence electrons. The van der Waals surface area contributed by atoms with Crippen LogP contribution in [0.3, 0.4) is 0 Å². The third kappa shape index (κ3) is 5.77. The van der Waals surface area contributed by atoms with Crippen molar-refractivity contribution in [1.29, 1.82) is 0 Å². The van der Waals surface area contributed by atoms with Crippen molar-refractivity contribution in [1.82, 2.24) is 4.31 Å². The number of nitrogens with zero attached hydrogens (tertiary/aromatic N) is 1. The SMILES string of the molecule is Cc1ccc(S(=O)(=O)N2CCCC(C)(C)CC2/C=C/c2ccc(C(F)(F)F)cc2)cc1. The highest BCUT2D eigenvalue weighted by molar-refractivity contribution is 7.89. The van der Waals surface area contributed by atoms with Crippen molar-refractivity contribution >= 4 is 16.1 Å². The molecule has 0 radical (unpaired) electrons. The van der Waals surface area contributed by atoms with Gasteiger partial charge in [-0.1, -0.05) is 55.8 Å². The largest absolute Gasteiger partial charge is 0.416 e. The summed E-state index contributed by atoms with van der Waals surface area (Å²) in [6, 6.07) is 11.3. The molecule has 1 atom stereocenters. The van der Waals surface area contributed by atoms with E-state index in [4.69, 9.17) is 0 Å². The average molecular weight is 452 g/mol. The van der Waals surface area contributed by atoms with Crippen molar-refractivity contribution in [2.75, 3.05) is 6.54 Å². The predicted molar refractivity (Wildman–Crippen MR) is 117 cm³/mol. The lowest BCUT2D eigenvalue weighted by Crippen LogP contribution is -2.39. The molecule has 0 amide bonds. The molecule has 1 fully saturated rings. The fourth-order valence-electron chi connectivity index (χ4n) is 3.96. The fourth-order valence-corrected chi connectivity index (χ4v) is 5.58. The molecule has 2 aromatic carbocycles. The first-order chi connectivity index (χ1) is 14.4. The summed E-state index contributed by atoms with van der Waals surface area (Å²) in [5.74, 6) is 0. The molecule has 2 aromatic rings. The Labute approximate surface area is 182 Å². The van der Waals surface area contributed by atoms with Crippen molar-refractivity contribution in [3.05, 3.63) is 71.3 Å². The van der Waals surface area contributed by atoms with Gasteiger partial charge in [-0.05, 0) is 61.4 Å². The summed E-state index contributed by atoms with van der Waals surface area (Å²) in [4.78, 5) is 0.255. The molecule has 7 heteroatoms. The van der Waals surface area contributed by atoms with Crippen molar-refractivity contribution in [3.63, 3.8) is 0 Å². The monoisotopic (exact) mass is 451 g/mol. The van der Waals surface area contributed by atoms with Crippen LogP contribution in [0.15, 0.2) is 59.5 Å². The van der Waals surface area contributed by atoms with Crippen LogP contribution in [-0.4, -0.2) is 25.3 Å². The van der Waals surface area contributed by atoms with E-state index in [0.29, 0.717) is 18.5 Å². The smallest absolute Gasteiger partial charge is 0.207 e. The van der Waals surface area contributed by atoms with Crippen LogP contribution in [0.4, 0.5) is 13.2 Å². The summed E-state index contributed by atoms with van der Waals surface area (Å²) in [5, 5.41) is 0. The first-order valence-corrected chi connectivity index (χ1v) is 11.8. The van der Waals surface area contributed by atoms with E-state index >= 15 is 0 Å². The van der Waals surface area contributed by atoms with Crippen LogP contribution in [-0.2, 0) is 16.2 Å². The molecule has 3 nitrogen and oxygen atoms in total. The maximum Gasteiger partial charge on any atom is 0.416 e. The van der Waals surface area contributed by atoms with Gasteiger partial charge in [0.1, 0.15) is 0 Å². The third-order valence-corrected chi connectivity index (χ3v) is 7.68. The van der Waals surface area contributed by atoms with Crippen LogP contribution in [0.2, 0.25) is 0 Å². The maximum atomic E-state index is 13.4. The molecule has 0 N–H and O–H groups in total. The number of aryl methyl sites for hydroxylation is 1. The fraction of sp³-hybridized carbons (Fsp3) is 0.417. The standard InChI is InChI=1S/C24H28F3NO2S/c1-18-5-13-22(14-6-18)31(29,30)28-16-4-15-23(2,3)17-21(28)12-9-19-7-10-20(11-8-19)24(25,26)27/h5-14,21H,4,15-17H2,1-3H3/b12-9+. The number of benzene rings is 2. The number of sulfonamides is 1. The minimum atomic E-state index is -4.38. The van der Waals surface area contributed by atoms with E-state index in [1.165, 1.54) is 16.4 Å². The van der Waals surface area contributed by atoms with Crippen LogP contribution in [0.5, 0.6) is 0 Å². The van der Waals surface area contributed by atoms with E-state index in [9.17, 15) is 21.6 Å². The van der Waals surface area contributed by atoms with Crippen molar-refractivity contribution < 1.29 is 21.6 Å². The molecule has 0 aromatic heterocycles. The number of halogens is 3. The highest BCUT2D eigenvalue weighted by Gasteiger charge is 2.36. The van der Waals surface area contributed by atoms with Gasteiger partial charge in [0.15, 0.2) is 0 Å². The molecular formula is C24H28F3NO2S. The quantitative estimate of drug-likeness (QED) is 0.547. The van der Waals surface area contributed by atoms with E-state index in [1.54, 1.807) is 36.4 Å². The minimum Gasteiger partial charge on any atom is -0.207 e. The molecule has 0 spiro atoms. The lowest BCUT2D eigenvalue weighted by molar-refractivity contribution is -0.137. The first kappa shape index (κ1) is 23.5. The van der Waals surface area contributed by atoms with Crippen molar-refractivity contribution in [3.8, 4) is 0 Å². The second-order valence-corrected chi connectivity index (χ2v) is 10.8. The van der Waals surface area contributed by atoms with E-state index in [2.05, 4.69) is 13.8 Å². The summed E-state index contributed by atoms with van der Waals surface area (Å²) in [7, 11) is -3.70. The topological polar surface area (TPSA) is 37.4 Å². The predicted octanol–water partition coefficient (Wildman–Crippen LogP) is 6.30. The lowest BCUT2D eigenvalue weighted by atomic mass is 9.83. The van der Waals surface area contributed by atoms with Gasteiger partial charge >= 0.3 is 6.18 Å². The minimum absolute atomic E-state index is 0.0489. The van der Waals surface area contributed by atoms with Gasteiger partial charge in [0.25, 0.3) is 0 Å². The Morgan fingerprint density at radius 3 is 2.23 bits per heavy atom. The molecule has 31 heavy (non-hydrogen) atoms. The van der Waals surface area contributed by atoms with E-state index in [-0.39, 0.29) is 16.4 Å². The molecule has 0 aliphatic carbocycles. The van der Waals surface area contributed by atoms with Crippen LogP contribution < -0.4 is 0 Å². The van der Waals surface area contributed by atoms with Crippen LogP contribution >= 0.6 is 0 Å². The third-order valence-electron chi connectivity index (χ3n) is 5.74.